The number of nitrogens with one attached hydrogen (secondary N) is 2. The zero-order valence-electron chi connectivity index (χ0n) is 8.87. The molecule has 0 radical (unpaired) electrons. The van der Waals surface area contributed by atoms with Crippen LogP contribution in [0.3, 0.4) is 0 Å². The minimum absolute atomic E-state index is 0.105. The monoisotopic (exact) mass is 241 g/mol. The van der Waals surface area contributed by atoms with Crippen LogP contribution in [0.1, 0.15) is 10.4 Å². The van der Waals surface area contributed by atoms with E-state index in [2.05, 4.69) is 10.6 Å². The second-order valence-corrected chi connectivity index (χ2v) is 3.16. The Balaban J connectivity index is 2.85. The van der Waals surface area contributed by atoms with Crippen LogP contribution in [0.2, 0.25) is 0 Å². The number of benzene rings is 1. The zero-order chi connectivity index (χ0) is 12.8. The van der Waals surface area contributed by atoms with E-state index >= 15 is 0 Å². The molecule has 0 saturated heterocycles. The van der Waals surface area contributed by atoms with Crippen molar-refractivity contribution >= 4 is 17.7 Å². The van der Waals surface area contributed by atoms with Gasteiger partial charge in [-0.1, -0.05) is 0 Å². The fourth-order valence-corrected chi connectivity index (χ4v) is 1.16. The van der Waals surface area contributed by atoms with Gasteiger partial charge in [0.2, 0.25) is 0 Å². The molecule has 0 fully saturated rings. The maximum atomic E-state index is 12.9. The lowest BCUT2D eigenvalue weighted by Gasteiger charge is -2.09. The number of carboxylic acid groups (broad SMARTS) is 1. The normalized spacial score (nSPS) is 9.76. The molecule has 0 unspecified atom stereocenters. The molecule has 1 aromatic carbocycles. The molecule has 5 N–H and O–H groups in total. The van der Waals surface area contributed by atoms with Crippen LogP contribution in [0.4, 0.5) is 14.9 Å². The summed E-state index contributed by atoms with van der Waals surface area (Å²) in [5.41, 5.74) is 4.89. The summed E-state index contributed by atoms with van der Waals surface area (Å²) < 4.78 is 12.9. The van der Waals surface area contributed by atoms with Crippen LogP contribution in [0.5, 0.6) is 0 Å². The Morgan fingerprint density at radius 1 is 1.41 bits per heavy atom. The quantitative estimate of drug-likeness (QED) is 0.619. The average molecular weight is 241 g/mol. The molecule has 1 aromatic rings. The Morgan fingerprint density at radius 2 is 2.12 bits per heavy atom. The van der Waals surface area contributed by atoms with E-state index < -0.39 is 17.8 Å². The van der Waals surface area contributed by atoms with Crippen LogP contribution >= 0.6 is 0 Å². The highest BCUT2D eigenvalue weighted by atomic mass is 19.1. The fraction of sp³-hybridized carbons (Fsp3) is 0.200. The number of hydrogen-bond acceptors (Lipinski definition) is 3. The minimum atomic E-state index is -1.25. The standard InChI is InChI=1S/C10H12FN3O3/c11-6-1-2-7(9(15)16)8(5-6)14-10(17)13-4-3-12/h1-2,5H,3-4,12H2,(H,15,16)(H2,13,14,17). The molecule has 92 valence electrons. The predicted octanol–water partition coefficient (Wildman–Crippen LogP) is 0.604. The Bertz CT molecular complexity index is 437. The number of carboxylic acids is 1. The molecular weight excluding hydrogens is 229 g/mol. The maximum absolute atomic E-state index is 12.9. The molecule has 0 saturated carbocycles. The van der Waals surface area contributed by atoms with Crippen molar-refractivity contribution in [2.75, 3.05) is 18.4 Å². The van der Waals surface area contributed by atoms with Crippen molar-refractivity contribution in [3.05, 3.63) is 29.6 Å². The summed E-state index contributed by atoms with van der Waals surface area (Å²) in [6, 6.07) is 2.39. The molecule has 17 heavy (non-hydrogen) atoms. The van der Waals surface area contributed by atoms with Crippen molar-refractivity contribution < 1.29 is 19.1 Å². The molecule has 0 spiro atoms. The van der Waals surface area contributed by atoms with Crippen molar-refractivity contribution in [3.8, 4) is 0 Å². The third kappa shape index (κ3) is 3.72. The molecule has 1 rings (SSSR count). The van der Waals surface area contributed by atoms with Gasteiger partial charge in [0.15, 0.2) is 0 Å². The number of carbonyl (C=O) groups is 2. The summed E-state index contributed by atoms with van der Waals surface area (Å²) in [6.07, 6.45) is 0. The highest BCUT2D eigenvalue weighted by molar-refractivity contribution is 5.99. The first kappa shape index (κ1) is 12.9. The largest absolute Gasteiger partial charge is 0.478 e. The van der Waals surface area contributed by atoms with Gasteiger partial charge in [-0.25, -0.2) is 14.0 Å². The molecular formula is C10H12FN3O3. The zero-order valence-corrected chi connectivity index (χ0v) is 8.87. The lowest BCUT2D eigenvalue weighted by Crippen LogP contribution is -2.33. The van der Waals surface area contributed by atoms with Crippen LogP contribution < -0.4 is 16.4 Å². The first-order valence-corrected chi connectivity index (χ1v) is 4.82. The lowest BCUT2D eigenvalue weighted by molar-refractivity contribution is 0.0698. The number of halogens is 1. The highest BCUT2D eigenvalue weighted by Gasteiger charge is 2.12. The van der Waals surface area contributed by atoms with Crippen molar-refractivity contribution in [2.45, 2.75) is 0 Å². The van der Waals surface area contributed by atoms with Crippen LogP contribution in [0.25, 0.3) is 0 Å². The van der Waals surface area contributed by atoms with E-state index in [9.17, 15) is 14.0 Å². The van der Waals surface area contributed by atoms with Gasteiger partial charge in [-0.2, -0.15) is 0 Å². The third-order valence-electron chi connectivity index (χ3n) is 1.89. The van der Waals surface area contributed by atoms with E-state index in [0.717, 1.165) is 18.2 Å². The molecule has 0 aliphatic rings. The van der Waals surface area contributed by atoms with Crippen LogP contribution in [-0.4, -0.2) is 30.2 Å². The molecule has 7 heteroatoms. The van der Waals surface area contributed by atoms with Gasteiger partial charge in [0.25, 0.3) is 0 Å². The SMILES string of the molecule is NCCNC(=O)Nc1cc(F)ccc1C(=O)O. The van der Waals surface area contributed by atoms with Gasteiger partial charge in [-0.05, 0) is 18.2 Å². The predicted molar refractivity (Wildman–Crippen MR) is 59.4 cm³/mol. The van der Waals surface area contributed by atoms with E-state index in [1.54, 1.807) is 0 Å². The van der Waals surface area contributed by atoms with Crippen LogP contribution in [0, 0.1) is 5.82 Å². The van der Waals surface area contributed by atoms with E-state index in [4.69, 9.17) is 10.8 Å². The summed E-state index contributed by atoms with van der Waals surface area (Å²) in [4.78, 5) is 22.1. The molecule has 0 aliphatic carbocycles. The van der Waals surface area contributed by atoms with E-state index in [0.29, 0.717) is 0 Å². The van der Waals surface area contributed by atoms with Gasteiger partial charge in [-0.15, -0.1) is 0 Å². The Hall–Kier alpha value is -2.15. The minimum Gasteiger partial charge on any atom is -0.478 e. The molecule has 0 bridgehead atoms. The number of anilines is 1. The molecule has 0 heterocycles. The highest BCUT2D eigenvalue weighted by Crippen LogP contribution is 2.17. The molecule has 0 atom stereocenters. The van der Waals surface area contributed by atoms with Gasteiger partial charge in [-0.3, -0.25) is 0 Å². The molecule has 0 aromatic heterocycles. The molecule has 6 nitrogen and oxygen atoms in total. The van der Waals surface area contributed by atoms with Gasteiger partial charge < -0.3 is 21.5 Å². The smallest absolute Gasteiger partial charge is 0.337 e. The summed E-state index contributed by atoms with van der Waals surface area (Å²) in [7, 11) is 0. The number of carbonyl (C=O) groups excluding carboxylic acids is 1. The maximum Gasteiger partial charge on any atom is 0.337 e. The lowest BCUT2D eigenvalue weighted by atomic mass is 10.2. The summed E-state index contributed by atoms with van der Waals surface area (Å²) in [5, 5.41) is 13.4. The Morgan fingerprint density at radius 3 is 2.71 bits per heavy atom. The molecule has 0 aliphatic heterocycles. The number of amides is 2. The van der Waals surface area contributed by atoms with E-state index in [1.807, 2.05) is 0 Å². The Labute approximate surface area is 96.6 Å². The second kappa shape index (κ2) is 5.80. The first-order chi connectivity index (χ1) is 8.04. The average Bonchev–Trinajstić information content (AvgIpc) is 2.26. The van der Waals surface area contributed by atoms with Gasteiger partial charge >= 0.3 is 12.0 Å². The summed E-state index contributed by atoms with van der Waals surface area (Å²) in [6.45, 7) is 0.492. The van der Waals surface area contributed by atoms with Crippen molar-refractivity contribution in [2.24, 2.45) is 5.73 Å². The number of rotatable bonds is 4. The van der Waals surface area contributed by atoms with Crippen molar-refractivity contribution in [1.82, 2.24) is 5.32 Å². The number of nitrogens with two attached hydrogens (primary N) is 1. The third-order valence-corrected chi connectivity index (χ3v) is 1.89. The number of hydrogen-bond donors (Lipinski definition) is 4. The second-order valence-electron chi connectivity index (χ2n) is 3.16. The fourth-order valence-electron chi connectivity index (χ4n) is 1.16. The number of urea groups is 1. The van der Waals surface area contributed by atoms with Crippen LogP contribution in [0.15, 0.2) is 18.2 Å². The van der Waals surface area contributed by atoms with Gasteiger partial charge in [0, 0.05) is 13.1 Å². The topological polar surface area (TPSA) is 104 Å². The summed E-state index contributed by atoms with van der Waals surface area (Å²) in [5.74, 6) is -1.89. The van der Waals surface area contributed by atoms with Gasteiger partial charge in [0.05, 0.1) is 11.3 Å². The Kier molecular flexibility index (Phi) is 4.41. The van der Waals surface area contributed by atoms with E-state index in [-0.39, 0.29) is 24.3 Å². The summed E-state index contributed by atoms with van der Waals surface area (Å²) >= 11 is 0. The molecule has 2 amide bonds. The number of aromatic carboxylic acids is 1. The van der Waals surface area contributed by atoms with E-state index in [1.165, 1.54) is 0 Å². The first-order valence-electron chi connectivity index (χ1n) is 4.82. The van der Waals surface area contributed by atoms with Crippen molar-refractivity contribution in [1.29, 1.82) is 0 Å². The van der Waals surface area contributed by atoms with Crippen molar-refractivity contribution in [3.63, 3.8) is 0 Å². The van der Waals surface area contributed by atoms with Gasteiger partial charge in [0.1, 0.15) is 5.82 Å². The van der Waals surface area contributed by atoms with Crippen LogP contribution in [-0.2, 0) is 0 Å².